The van der Waals surface area contributed by atoms with Gasteiger partial charge in [0.15, 0.2) is 11.6 Å². The van der Waals surface area contributed by atoms with E-state index in [2.05, 4.69) is 20.4 Å². The van der Waals surface area contributed by atoms with Gasteiger partial charge in [-0.2, -0.15) is 9.97 Å². The van der Waals surface area contributed by atoms with Crippen LogP contribution in [-0.2, 0) is 0 Å². The minimum Gasteiger partial charge on any atom is -0.464 e. The number of ether oxygens (including phenoxy) is 2. The average Bonchev–Trinajstić information content (AvgIpc) is 2.43. The van der Waals surface area contributed by atoms with E-state index in [9.17, 15) is 8.78 Å². The topological polar surface area (TPSA) is 95.2 Å². The van der Waals surface area contributed by atoms with Crippen LogP contribution in [0.15, 0.2) is 18.2 Å². The van der Waals surface area contributed by atoms with Gasteiger partial charge in [0.2, 0.25) is 5.95 Å². The molecule has 7 nitrogen and oxygen atoms in total. The molecule has 0 aliphatic heterocycles. The van der Waals surface area contributed by atoms with Gasteiger partial charge in [-0.15, -0.1) is 4.98 Å². The van der Waals surface area contributed by atoms with E-state index >= 15 is 0 Å². The third-order valence-corrected chi connectivity index (χ3v) is 2.10. The summed E-state index contributed by atoms with van der Waals surface area (Å²) >= 11 is 0. The number of nitrogens with one attached hydrogen (secondary N) is 1. The molecule has 0 fully saturated rings. The van der Waals surface area contributed by atoms with Gasteiger partial charge in [0.05, 0.1) is 6.61 Å². The molecule has 0 amide bonds. The number of hydrogen-bond acceptors (Lipinski definition) is 7. The van der Waals surface area contributed by atoms with Crippen molar-refractivity contribution in [2.45, 2.75) is 6.92 Å². The molecule has 0 saturated heterocycles. The summed E-state index contributed by atoms with van der Waals surface area (Å²) in [5.41, 5.74) is 2.22. The van der Waals surface area contributed by atoms with E-state index in [1.165, 1.54) is 6.07 Å². The number of hydrazine groups is 1. The van der Waals surface area contributed by atoms with Crippen LogP contribution >= 0.6 is 0 Å². The Morgan fingerprint density at radius 1 is 1.15 bits per heavy atom. The standard InChI is InChI=1S/C11H11F2N5O2/c1-2-19-10-15-9(18-14)16-11(17-10)20-6-3-4-7(12)8(13)5-6/h3-5H,2,14H2,1H3,(H,15,16,17,18). The zero-order chi connectivity index (χ0) is 14.5. The lowest BCUT2D eigenvalue weighted by atomic mass is 10.3. The maximum atomic E-state index is 13.1. The second-order valence-electron chi connectivity index (χ2n) is 3.48. The summed E-state index contributed by atoms with van der Waals surface area (Å²) in [6, 6.07) is 2.86. The number of rotatable bonds is 5. The number of nitrogens with two attached hydrogens (primary N) is 1. The van der Waals surface area contributed by atoms with Crippen molar-refractivity contribution in [3.8, 4) is 17.8 Å². The highest BCUT2D eigenvalue weighted by molar-refractivity contribution is 5.30. The molecule has 1 heterocycles. The summed E-state index contributed by atoms with van der Waals surface area (Å²) < 4.78 is 36.2. The van der Waals surface area contributed by atoms with Gasteiger partial charge in [0, 0.05) is 6.07 Å². The second-order valence-corrected chi connectivity index (χ2v) is 3.48. The SMILES string of the molecule is CCOc1nc(NN)nc(Oc2ccc(F)c(F)c2)n1. The summed E-state index contributed by atoms with van der Waals surface area (Å²) in [6.45, 7) is 2.08. The maximum absolute atomic E-state index is 13.1. The third kappa shape index (κ3) is 3.26. The van der Waals surface area contributed by atoms with Crippen molar-refractivity contribution in [1.29, 1.82) is 0 Å². The van der Waals surface area contributed by atoms with Crippen molar-refractivity contribution < 1.29 is 18.3 Å². The summed E-state index contributed by atoms with van der Waals surface area (Å²) in [6.07, 6.45) is 0. The smallest absolute Gasteiger partial charge is 0.330 e. The van der Waals surface area contributed by atoms with Crippen LogP contribution in [0.2, 0.25) is 0 Å². The lowest BCUT2D eigenvalue weighted by molar-refractivity contribution is 0.303. The van der Waals surface area contributed by atoms with Crippen molar-refractivity contribution in [1.82, 2.24) is 15.0 Å². The van der Waals surface area contributed by atoms with Crippen molar-refractivity contribution in [2.75, 3.05) is 12.0 Å². The van der Waals surface area contributed by atoms with Gasteiger partial charge in [-0.1, -0.05) is 0 Å². The van der Waals surface area contributed by atoms with E-state index in [0.29, 0.717) is 6.61 Å². The van der Waals surface area contributed by atoms with Gasteiger partial charge in [-0.05, 0) is 19.1 Å². The van der Waals surface area contributed by atoms with Crippen LogP contribution in [0.5, 0.6) is 17.8 Å². The highest BCUT2D eigenvalue weighted by atomic mass is 19.2. The number of nitrogens with zero attached hydrogens (tertiary/aromatic N) is 3. The predicted octanol–water partition coefficient (Wildman–Crippen LogP) is 1.63. The van der Waals surface area contributed by atoms with Gasteiger partial charge < -0.3 is 9.47 Å². The van der Waals surface area contributed by atoms with Crippen LogP contribution in [0.25, 0.3) is 0 Å². The Hall–Kier alpha value is -2.55. The van der Waals surface area contributed by atoms with Crippen LogP contribution in [0.1, 0.15) is 6.92 Å². The first-order chi connectivity index (χ1) is 9.62. The minimum absolute atomic E-state index is 0.00645. The van der Waals surface area contributed by atoms with Crippen molar-refractivity contribution in [3.05, 3.63) is 29.8 Å². The van der Waals surface area contributed by atoms with Crippen molar-refractivity contribution in [3.63, 3.8) is 0 Å². The molecule has 20 heavy (non-hydrogen) atoms. The number of anilines is 1. The number of nitrogen functional groups attached to an aromatic ring is 1. The third-order valence-electron chi connectivity index (χ3n) is 2.10. The molecule has 9 heteroatoms. The molecular formula is C11H11F2N5O2. The van der Waals surface area contributed by atoms with E-state index in [4.69, 9.17) is 15.3 Å². The molecule has 0 aliphatic carbocycles. The Labute approximate surface area is 112 Å². The molecule has 1 aromatic heterocycles. The molecule has 0 aliphatic rings. The molecule has 0 radical (unpaired) electrons. The van der Waals surface area contributed by atoms with Gasteiger partial charge >= 0.3 is 12.0 Å². The molecular weight excluding hydrogens is 272 g/mol. The van der Waals surface area contributed by atoms with E-state index in [1.54, 1.807) is 6.92 Å². The fraction of sp³-hybridized carbons (Fsp3) is 0.182. The first-order valence-electron chi connectivity index (χ1n) is 5.60. The Kier molecular flexibility index (Phi) is 4.20. The summed E-state index contributed by atoms with van der Waals surface area (Å²) in [5.74, 6) is 3.22. The molecule has 0 saturated carbocycles. The molecule has 0 spiro atoms. The van der Waals surface area contributed by atoms with E-state index in [0.717, 1.165) is 12.1 Å². The Morgan fingerprint density at radius 3 is 2.55 bits per heavy atom. The highest BCUT2D eigenvalue weighted by Crippen LogP contribution is 2.22. The van der Waals surface area contributed by atoms with Crippen molar-refractivity contribution in [2.24, 2.45) is 5.84 Å². The van der Waals surface area contributed by atoms with E-state index in [-0.39, 0.29) is 23.7 Å². The Bertz CT molecular complexity index is 611. The van der Waals surface area contributed by atoms with Crippen molar-refractivity contribution >= 4 is 5.95 Å². The van der Waals surface area contributed by atoms with Gasteiger partial charge in [0.1, 0.15) is 5.75 Å². The number of aromatic nitrogens is 3. The van der Waals surface area contributed by atoms with Gasteiger partial charge in [0.25, 0.3) is 0 Å². The van der Waals surface area contributed by atoms with Gasteiger partial charge in [-0.25, -0.2) is 14.6 Å². The number of benzene rings is 1. The van der Waals surface area contributed by atoms with Crippen LogP contribution in [0, 0.1) is 11.6 Å². The predicted molar refractivity (Wildman–Crippen MR) is 65.2 cm³/mol. The zero-order valence-electron chi connectivity index (χ0n) is 10.4. The average molecular weight is 283 g/mol. The summed E-state index contributed by atoms with van der Waals surface area (Å²) in [7, 11) is 0. The Morgan fingerprint density at radius 2 is 1.90 bits per heavy atom. The van der Waals surface area contributed by atoms with Gasteiger partial charge in [-0.3, -0.25) is 5.43 Å². The van der Waals surface area contributed by atoms with E-state index < -0.39 is 11.6 Å². The highest BCUT2D eigenvalue weighted by Gasteiger charge is 2.10. The molecule has 0 atom stereocenters. The largest absolute Gasteiger partial charge is 0.464 e. The molecule has 0 unspecified atom stereocenters. The molecule has 0 bridgehead atoms. The quantitative estimate of drug-likeness (QED) is 0.636. The fourth-order valence-corrected chi connectivity index (χ4v) is 1.29. The lowest BCUT2D eigenvalue weighted by Gasteiger charge is -2.07. The molecule has 2 aromatic rings. The van der Waals surface area contributed by atoms with Crippen LogP contribution in [0.3, 0.4) is 0 Å². The lowest BCUT2D eigenvalue weighted by Crippen LogP contribution is -2.12. The minimum atomic E-state index is -1.04. The molecule has 2 rings (SSSR count). The molecule has 1 aromatic carbocycles. The number of hydrogen-bond donors (Lipinski definition) is 2. The van der Waals surface area contributed by atoms with E-state index in [1.807, 2.05) is 0 Å². The fourth-order valence-electron chi connectivity index (χ4n) is 1.29. The second kappa shape index (κ2) is 6.06. The number of halogens is 2. The monoisotopic (exact) mass is 283 g/mol. The summed E-state index contributed by atoms with van der Waals surface area (Å²) in [4.78, 5) is 11.5. The normalized spacial score (nSPS) is 10.2. The first-order valence-corrected chi connectivity index (χ1v) is 5.60. The molecule has 106 valence electrons. The first kappa shape index (κ1) is 13.9. The Balaban J connectivity index is 2.27. The molecule has 3 N–H and O–H groups in total. The zero-order valence-corrected chi connectivity index (χ0v) is 10.4. The maximum Gasteiger partial charge on any atom is 0.330 e. The summed E-state index contributed by atoms with van der Waals surface area (Å²) in [5, 5.41) is 0. The van der Waals surface area contributed by atoms with Crippen LogP contribution in [0.4, 0.5) is 14.7 Å². The van der Waals surface area contributed by atoms with Crippen LogP contribution < -0.4 is 20.7 Å². The van der Waals surface area contributed by atoms with Crippen LogP contribution in [-0.4, -0.2) is 21.6 Å².